The zero-order valence-electron chi connectivity index (χ0n) is 17.4. The number of piperazine rings is 1. The molecule has 0 aliphatic carbocycles. The molecule has 0 bridgehead atoms. The Morgan fingerprint density at radius 2 is 1.57 bits per heavy atom. The lowest BCUT2D eigenvalue weighted by atomic mass is 10.1. The molecule has 152 valence electrons. The third-order valence-corrected chi connectivity index (χ3v) is 6.00. The first-order valence-corrected chi connectivity index (χ1v) is 10.7. The number of aromatic nitrogens is 3. The van der Waals surface area contributed by atoms with Crippen LogP contribution in [-0.4, -0.2) is 52.7 Å². The first-order valence-electron chi connectivity index (χ1n) is 10.7. The van der Waals surface area contributed by atoms with E-state index in [1.54, 1.807) is 0 Å². The summed E-state index contributed by atoms with van der Waals surface area (Å²) in [6.07, 6.45) is 7.99. The monoisotopic (exact) mass is 397 g/mol. The standard InChI is InChI=1S/C25H27N5/c1-28-15-17-29(18-16-28)24-11-8-21(19-27-24)5-4-20-6-9-23(10-7-20)30-14-12-22-3-2-13-26-25(22)30/h2-3,6-14,19H,4-5,15-18H2,1H3. The van der Waals surface area contributed by atoms with Crippen molar-refractivity contribution in [3.8, 4) is 5.69 Å². The minimum atomic E-state index is 0.997. The van der Waals surface area contributed by atoms with Gasteiger partial charge in [0.1, 0.15) is 11.5 Å². The first kappa shape index (κ1) is 18.8. The van der Waals surface area contributed by atoms with E-state index in [9.17, 15) is 0 Å². The number of nitrogens with zero attached hydrogens (tertiary/aromatic N) is 5. The van der Waals surface area contributed by atoms with Crippen molar-refractivity contribution in [1.29, 1.82) is 0 Å². The van der Waals surface area contributed by atoms with E-state index >= 15 is 0 Å². The normalized spacial score (nSPS) is 15.0. The smallest absolute Gasteiger partial charge is 0.144 e. The van der Waals surface area contributed by atoms with Gasteiger partial charge in [-0.2, -0.15) is 0 Å². The predicted octanol–water partition coefficient (Wildman–Crippen LogP) is 3.96. The molecule has 1 aliphatic rings. The van der Waals surface area contributed by atoms with E-state index in [2.05, 4.69) is 81.1 Å². The van der Waals surface area contributed by atoms with Gasteiger partial charge >= 0.3 is 0 Å². The molecule has 4 heterocycles. The summed E-state index contributed by atoms with van der Waals surface area (Å²) in [6.45, 7) is 4.32. The second kappa shape index (κ2) is 8.28. The minimum absolute atomic E-state index is 0.997. The van der Waals surface area contributed by atoms with Crippen molar-refractivity contribution in [1.82, 2.24) is 19.4 Å². The average Bonchev–Trinajstić information content (AvgIpc) is 3.23. The second-order valence-corrected chi connectivity index (χ2v) is 8.08. The lowest BCUT2D eigenvalue weighted by Gasteiger charge is -2.33. The van der Waals surface area contributed by atoms with Crippen LogP contribution in [0.15, 0.2) is 73.2 Å². The van der Waals surface area contributed by atoms with Crippen molar-refractivity contribution in [3.63, 3.8) is 0 Å². The molecular weight excluding hydrogens is 370 g/mol. The highest BCUT2D eigenvalue weighted by molar-refractivity contribution is 5.77. The summed E-state index contributed by atoms with van der Waals surface area (Å²) in [5.74, 6) is 1.10. The van der Waals surface area contributed by atoms with Gasteiger partial charge in [0.05, 0.1) is 0 Å². The largest absolute Gasteiger partial charge is 0.354 e. The third-order valence-electron chi connectivity index (χ3n) is 6.00. The highest BCUT2D eigenvalue weighted by Gasteiger charge is 2.14. The summed E-state index contributed by atoms with van der Waals surface area (Å²) in [6, 6.07) is 19.4. The van der Waals surface area contributed by atoms with Crippen LogP contribution in [0.3, 0.4) is 0 Å². The van der Waals surface area contributed by atoms with Crippen molar-refractivity contribution >= 4 is 16.9 Å². The van der Waals surface area contributed by atoms with Gasteiger partial charge in [0.25, 0.3) is 0 Å². The second-order valence-electron chi connectivity index (χ2n) is 8.08. The van der Waals surface area contributed by atoms with Crippen LogP contribution in [0.5, 0.6) is 0 Å². The fourth-order valence-electron chi connectivity index (χ4n) is 4.07. The molecule has 30 heavy (non-hydrogen) atoms. The predicted molar refractivity (Wildman–Crippen MR) is 122 cm³/mol. The Morgan fingerprint density at radius 1 is 0.800 bits per heavy atom. The maximum Gasteiger partial charge on any atom is 0.144 e. The van der Waals surface area contributed by atoms with Crippen molar-refractivity contribution in [2.75, 3.05) is 38.1 Å². The summed E-state index contributed by atoms with van der Waals surface area (Å²) < 4.78 is 2.14. The Bertz CT molecular complexity index is 1110. The van der Waals surface area contributed by atoms with E-state index < -0.39 is 0 Å². The molecule has 1 aliphatic heterocycles. The highest BCUT2D eigenvalue weighted by atomic mass is 15.3. The summed E-state index contributed by atoms with van der Waals surface area (Å²) >= 11 is 0. The number of hydrogen-bond donors (Lipinski definition) is 0. The van der Waals surface area contributed by atoms with Gasteiger partial charge in [-0.1, -0.05) is 18.2 Å². The molecule has 5 heteroatoms. The Labute approximate surface area is 177 Å². The summed E-state index contributed by atoms with van der Waals surface area (Å²) in [5.41, 5.74) is 4.77. The number of pyridine rings is 2. The van der Waals surface area contributed by atoms with Gasteiger partial charge in [-0.05, 0) is 67.4 Å². The molecule has 0 saturated carbocycles. The zero-order chi connectivity index (χ0) is 20.3. The van der Waals surface area contributed by atoms with Crippen LogP contribution in [0, 0.1) is 0 Å². The topological polar surface area (TPSA) is 37.2 Å². The number of rotatable bonds is 5. The molecule has 0 unspecified atom stereocenters. The molecule has 1 aromatic carbocycles. The van der Waals surface area contributed by atoms with Crippen LogP contribution in [0.25, 0.3) is 16.7 Å². The van der Waals surface area contributed by atoms with Crippen LogP contribution < -0.4 is 4.90 Å². The third kappa shape index (κ3) is 3.94. The van der Waals surface area contributed by atoms with Crippen molar-refractivity contribution in [2.45, 2.75) is 12.8 Å². The summed E-state index contributed by atoms with van der Waals surface area (Å²) in [4.78, 5) is 14.0. The van der Waals surface area contributed by atoms with Crippen molar-refractivity contribution in [2.24, 2.45) is 0 Å². The quantitative estimate of drug-likeness (QED) is 0.511. The van der Waals surface area contributed by atoms with Gasteiger partial charge in [-0.3, -0.25) is 0 Å². The molecule has 0 spiro atoms. The fraction of sp³-hybridized carbons (Fsp3) is 0.280. The van der Waals surface area contributed by atoms with Crippen molar-refractivity contribution in [3.05, 3.63) is 84.3 Å². The van der Waals surface area contributed by atoms with Crippen LogP contribution in [0.1, 0.15) is 11.1 Å². The molecule has 3 aromatic heterocycles. The Hall–Kier alpha value is -3.18. The van der Waals surface area contributed by atoms with Crippen LogP contribution in [0.4, 0.5) is 5.82 Å². The molecule has 0 N–H and O–H groups in total. The molecular formula is C25H27N5. The summed E-state index contributed by atoms with van der Waals surface area (Å²) in [7, 11) is 2.18. The van der Waals surface area contributed by atoms with Crippen LogP contribution in [0.2, 0.25) is 0 Å². The lowest BCUT2D eigenvalue weighted by molar-refractivity contribution is 0.312. The fourth-order valence-corrected chi connectivity index (χ4v) is 4.07. The van der Waals surface area contributed by atoms with Gasteiger partial charge in [-0.15, -0.1) is 0 Å². The SMILES string of the molecule is CN1CCN(c2ccc(CCc3ccc(-n4ccc5cccnc54)cc3)cn2)CC1. The maximum absolute atomic E-state index is 4.71. The van der Waals surface area contributed by atoms with Crippen LogP contribution in [-0.2, 0) is 12.8 Å². The number of likely N-dealkylation sites (N-methyl/N-ethyl adjacent to an activating group) is 1. The van der Waals surface area contributed by atoms with E-state index in [1.165, 1.54) is 11.1 Å². The van der Waals surface area contributed by atoms with Crippen LogP contribution >= 0.6 is 0 Å². The van der Waals surface area contributed by atoms with Gasteiger partial charge in [0.2, 0.25) is 0 Å². The molecule has 0 radical (unpaired) electrons. The number of aryl methyl sites for hydroxylation is 2. The van der Waals surface area contributed by atoms with Gasteiger partial charge in [0.15, 0.2) is 0 Å². The molecule has 1 fully saturated rings. The zero-order valence-corrected chi connectivity index (χ0v) is 17.4. The Balaban J connectivity index is 1.21. The number of fused-ring (bicyclic) bond motifs is 1. The highest BCUT2D eigenvalue weighted by Crippen LogP contribution is 2.19. The Kier molecular flexibility index (Phi) is 5.20. The molecule has 0 atom stereocenters. The molecule has 4 aromatic rings. The Morgan fingerprint density at radius 3 is 2.33 bits per heavy atom. The van der Waals surface area contributed by atoms with E-state index in [-0.39, 0.29) is 0 Å². The minimum Gasteiger partial charge on any atom is -0.354 e. The lowest BCUT2D eigenvalue weighted by Crippen LogP contribution is -2.44. The van der Waals surface area contributed by atoms with E-state index in [1.807, 2.05) is 18.5 Å². The van der Waals surface area contributed by atoms with Gasteiger partial charge in [0, 0.05) is 55.8 Å². The first-order chi connectivity index (χ1) is 14.8. The average molecular weight is 398 g/mol. The van der Waals surface area contributed by atoms with Gasteiger partial charge in [-0.25, -0.2) is 9.97 Å². The number of hydrogen-bond acceptors (Lipinski definition) is 4. The summed E-state index contributed by atoms with van der Waals surface area (Å²) in [5, 5.41) is 1.16. The molecule has 5 rings (SSSR count). The molecule has 0 amide bonds. The molecule has 1 saturated heterocycles. The van der Waals surface area contributed by atoms with E-state index in [0.29, 0.717) is 0 Å². The number of anilines is 1. The van der Waals surface area contributed by atoms with E-state index in [4.69, 9.17) is 4.98 Å². The van der Waals surface area contributed by atoms with E-state index in [0.717, 1.165) is 61.6 Å². The van der Waals surface area contributed by atoms with Crippen molar-refractivity contribution < 1.29 is 0 Å². The number of benzene rings is 1. The van der Waals surface area contributed by atoms with Gasteiger partial charge < -0.3 is 14.4 Å². The molecule has 5 nitrogen and oxygen atoms in total. The maximum atomic E-state index is 4.71.